The van der Waals surface area contributed by atoms with E-state index < -0.39 is 0 Å². The summed E-state index contributed by atoms with van der Waals surface area (Å²) in [7, 11) is 0. The number of halogens is 1. The third-order valence-electron chi connectivity index (χ3n) is 2.19. The van der Waals surface area contributed by atoms with E-state index in [1.165, 1.54) is 11.3 Å². The van der Waals surface area contributed by atoms with Gasteiger partial charge in [-0.05, 0) is 25.1 Å². The number of hydrogen-bond acceptors (Lipinski definition) is 4. The highest BCUT2D eigenvalue weighted by atomic mass is 35.5. The Bertz CT molecular complexity index is 568. The fourth-order valence-electron chi connectivity index (χ4n) is 1.34. The number of thiazole rings is 1. The molecule has 0 aliphatic carbocycles. The number of hydrogen-bond donors (Lipinski definition) is 2. The van der Waals surface area contributed by atoms with Crippen molar-refractivity contribution in [2.45, 2.75) is 6.92 Å². The smallest absolute Gasteiger partial charge is 0.267 e. The van der Waals surface area contributed by atoms with Crippen molar-refractivity contribution in [3.05, 3.63) is 39.3 Å². The Balaban J connectivity index is 2.24. The maximum absolute atomic E-state index is 11.9. The molecule has 0 saturated carbocycles. The molecule has 4 nitrogen and oxygen atoms in total. The van der Waals surface area contributed by atoms with E-state index in [1.54, 1.807) is 30.6 Å². The van der Waals surface area contributed by atoms with Gasteiger partial charge in [0, 0.05) is 5.69 Å². The molecule has 1 aromatic carbocycles. The predicted molar refractivity (Wildman–Crippen MR) is 70.7 cm³/mol. The molecule has 0 saturated heterocycles. The van der Waals surface area contributed by atoms with E-state index in [9.17, 15) is 4.79 Å². The van der Waals surface area contributed by atoms with Crippen LogP contribution < -0.4 is 11.1 Å². The van der Waals surface area contributed by atoms with E-state index in [4.69, 9.17) is 17.3 Å². The number of anilines is 2. The van der Waals surface area contributed by atoms with Crippen molar-refractivity contribution < 1.29 is 4.79 Å². The molecular weight excluding hydrogens is 258 g/mol. The standard InChI is InChI=1S/C11H10ClN3OS/c1-6-10(17-5-14-6)11(16)15-9-4-7(13)2-3-8(9)12/h2-5H,13H2,1H3,(H,15,16). The van der Waals surface area contributed by atoms with Crippen molar-refractivity contribution in [2.75, 3.05) is 11.1 Å². The molecule has 0 fully saturated rings. The molecule has 6 heteroatoms. The molecule has 0 unspecified atom stereocenters. The molecule has 2 aromatic rings. The van der Waals surface area contributed by atoms with Gasteiger partial charge in [0.15, 0.2) is 0 Å². The van der Waals surface area contributed by atoms with Gasteiger partial charge in [0.05, 0.1) is 21.9 Å². The number of rotatable bonds is 2. The molecule has 0 atom stereocenters. The molecule has 0 aliphatic rings. The van der Waals surface area contributed by atoms with Crippen molar-refractivity contribution in [3.63, 3.8) is 0 Å². The van der Waals surface area contributed by atoms with E-state index in [0.717, 1.165) is 0 Å². The van der Waals surface area contributed by atoms with Gasteiger partial charge < -0.3 is 11.1 Å². The van der Waals surface area contributed by atoms with Gasteiger partial charge in [0.1, 0.15) is 4.88 Å². The van der Waals surface area contributed by atoms with E-state index in [0.29, 0.717) is 27.0 Å². The number of nitrogens with two attached hydrogens (primary N) is 1. The first-order chi connectivity index (χ1) is 8.08. The van der Waals surface area contributed by atoms with Crippen LogP contribution in [0.1, 0.15) is 15.4 Å². The Morgan fingerprint density at radius 1 is 1.53 bits per heavy atom. The Morgan fingerprint density at radius 2 is 2.29 bits per heavy atom. The lowest BCUT2D eigenvalue weighted by Gasteiger charge is -2.07. The zero-order valence-corrected chi connectivity index (χ0v) is 10.6. The van der Waals surface area contributed by atoms with Crippen LogP contribution >= 0.6 is 22.9 Å². The summed E-state index contributed by atoms with van der Waals surface area (Å²) in [4.78, 5) is 16.5. The number of aryl methyl sites for hydroxylation is 1. The first-order valence-electron chi connectivity index (χ1n) is 4.84. The van der Waals surface area contributed by atoms with Gasteiger partial charge >= 0.3 is 0 Å². The van der Waals surface area contributed by atoms with Crippen LogP contribution in [0.15, 0.2) is 23.7 Å². The molecule has 17 heavy (non-hydrogen) atoms. The van der Waals surface area contributed by atoms with Gasteiger partial charge in [-0.1, -0.05) is 11.6 Å². The second-order valence-electron chi connectivity index (χ2n) is 3.46. The molecule has 1 amide bonds. The zero-order chi connectivity index (χ0) is 12.4. The summed E-state index contributed by atoms with van der Waals surface area (Å²) < 4.78 is 0. The van der Waals surface area contributed by atoms with Crippen LogP contribution in [0.3, 0.4) is 0 Å². The van der Waals surface area contributed by atoms with Crippen molar-refractivity contribution in [1.82, 2.24) is 4.98 Å². The highest BCUT2D eigenvalue weighted by molar-refractivity contribution is 7.12. The van der Waals surface area contributed by atoms with E-state index in [2.05, 4.69) is 10.3 Å². The highest BCUT2D eigenvalue weighted by Crippen LogP contribution is 2.25. The first-order valence-corrected chi connectivity index (χ1v) is 6.10. The topological polar surface area (TPSA) is 68.0 Å². The lowest BCUT2D eigenvalue weighted by atomic mass is 10.2. The van der Waals surface area contributed by atoms with Crippen LogP contribution in [-0.4, -0.2) is 10.9 Å². The number of amides is 1. The van der Waals surface area contributed by atoms with Crippen molar-refractivity contribution in [3.8, 4) is 0 Å². The number of nitrogens with one attached hydrogen (secondary N) is 1. The SMILES string of the molecule is Cc1ncsc1C(=O)Nc1cc(N)ccc1Cl. The minimum Gasteiger partial charge on any atom is -0.399 e. The lowest BCUT2D eigenvalue weighted by molar-refractivity contribution is 0.103. The van der Waals surface area contributed by atoms with Gasteiger partial charge in [-0.25, -0.2) is 4.98 Å². The number of aromatic nitrogens is 1. The fourth-order valence-corrected chi connectivity index (χ4v) is 2.20. The van der Waals surface area contributed by atoms with Crippen LogP contribution in [0, 0.1) is 6.92 Å². The molecule has 0 spiro atoms. The summed E-state index contributed by atoms with van der Waals surface area (Å²) in [6.45, 7) is 1.78. The third-order valence-corrected chi connectivity index (χ3v) is 3.45. The van der Waals surface area contributed by atoms with E-state index in [-0.39, 0.29) is 5.91 Å². The summed E-state index contributed by atoms with van der Waals surface area (Å²) in [5.74, 6) is -0.225. The van der Waals surface area contributed by atoms with Crippen LogP contribution in [-0.2, 0) is 0 Å². The monoisotopic (exact) mass is 267 g/mol. The van der Waals surface area contributed by atoms with Crippen LogP contribution in [0.2, 0.25) is 5.02 Å². The zero-order valence-electron chi connectivity index (χ0n) is 9.03. The molecule has 1 aromatic heterocycles. The Hall–Kier alpha value is -1.59. The maximum Gasteiger partial charge on any atom is 0.267 e. The summed E-state index contributed by atoms with van der Waals surface area (Å²) in [6.07, 6.45) is 0. The van der Waals surface area contributed by atoms with Crippen LogP contribution in [0.25, 0.3) is 0 Å². The quantitative estimate of drug-likeness (QED) is 0.822. The third kappa shape index (κ3) is 2.57. The van der Waals surface area contributed by atoms with Gasteiger partial charge in [-0.15, -0.1) is 11.3 Å². The molecule has 88 valence electrons. The van der Waals surface area contributed by atoms with Crippen molar-refractivity contribution in [2.24, 2.45) is 0 Å². The van der Waals surface area contributed by atoms with Crippen molar-refractivity contribution in [1.29, 1.82) is 0 Å². The molecule has 1 heterocycles. The minimum absolute atomic E-state index is 0.225. The number of carbonyl (C=O) groups excluding carboxylic acids is 1. The summed E-state index contributed by atoms with van der Waals surface area (Å²) >= 11 is 7.25. The van der Waals surface area contributed by atoms with Gasteiger partial charge in [0.2, 0.25) is 0 Å². The second kappa shape index (κ2) is 4.73. The molecule has 0 aliphatic heterocycles. The molecular formula is C11H10ClN3OS. The van der Waals surface area contributed by atoms with Gasteiger partial charge in [-0.2, -0.15) is 0 Å². The fraction of sp³-hybridized carbons (Fsp3) is 0.0909. The van der Waals surface area contributed by atoms with Crippen molar-refractivity contribution >= 4 is 40.2 Å². The van der Waals surface area contributed by atoms with Crippen LogP contribution in [0.4, 0.5) is 11.4 Å². The largest absolute Gasteiger partial charge is 0.399 e. The Morgan fingerprint density at radius 3 is 2.94 bits per heavy atom. The van der Waals surface area contributed by atoms with Crippen LogP contribution in [0.5, 0.6) is 0 Å². The first kappa shape index (κ1) is 11.9. The van der Waals surface area contributed by atoms with Gasteiger partial charge in [-0.3, -0.25) is 4.79 Å². The maximum atomic E-state index is 11.9. The molecule has 0 bridgehead atoms. The number of benzene rings is 1. The number of carbonyl (C=O) groups is 1. The summed E-state index contributed by atoms with van der Waals surface area (Å²) in [6, 6.07) is 4.94. The molecule has 2 rings (SSSR count). The second-order valence-corrected chi connectivity index (χ2v) is 4.72. The van der Waals surface area contributed by atoms with Gasteiger partial charge in [0.25, 0.3) is 5.91 Å². The summed E-state index contributed by atoms with van der Waals surface area (Å²) in [5.41, 5.74) is 9.01. The normalized spacial score (nSPS) is 10.2. The lowest BCUT2D eigenvalue weighted by Crippen LogP contribution is -2.12. The van der Waals surface area contributed by atoms with E-state index >= 15 is 0 Å². The highest BCUT2D eigenvalue weighted by Gasteiger charge is 2.13. The minimum atomic E-state index is -0.225. The number of nitrogens with zero attached hydrogens (tertiary/aromatic N) is 1. The van der Waals surface area contributed by atoms with E-state index in [1.807, 2.05) is 0 Å². The average molecular weight is 268 g/mol. The Kier molecular flexibility index (Phi) is 3.31. The Labute approximate surface area is 107 Å². The predicted octanol–water partition coefficient (Wildman–Crippen LogP) is 2.94. The molecule has 0 radical (unpaired) electrons. The number of nitrogen functional groups attached to an aromatic ring is 1. The average Bonchev–Trinajstić information content (AvgIpc) is 2.70. The summed E-state index contributed by atoms with van der Waals surface area (Å²) in [5, 5.41) is 3.17. The molecule has 3 N–H and O–H groups in total.